The monoisotopic (exact) mass is 449 g/mol. The summed E-state index contributed by atoms with van der Waals surface area (Å²) < 4.78 is 27.7. The maximum atomic E-state index is 13.1. The molecule has 0 saturated carbocycles. The molecule has 1 aromatic heterocycles. The molecular weight excluding hydrogens is 422 g/mol. The predicted molar refractivity (Wildman–Crippen MR) is 118 cm³/mol. The van der Waals surface area contributed by atoms with Gasteiger partial charge in [-0.05, 0) is 37.3 Å². The van der Waals surface area contributed by atoms with Gasteiger partial charge in [-0.2, -0.15) is 4.31 Å². The summed E-state index contributed by atoms with van der Waals surface area (Å²) in [6.07, 6.45) is 1.01. The molecule has 1 aliphatic rings. The Kier molecular flexibility index (Phi) is 6.74. The highest BCUT2D eigenvalue weighted by Crippen LogP contribution is 2.27. The van der Waals surface area contributed by atoms with E-state index in [4.69, 9.17) is 0 Å². The van der Waals surface area contributed by atoms with E-state index in [1.165, 1.54) is 34.7 Å². The van der Waals surface area contributed by atoms with Gasteiger partial charge < -0.3 is 5.32 Å². The molecule has 1 N–H and O–H groups in total. The van der Waals surface area contributed by atoms with Crippen LogP contribution >= 0.6 is 11.3 Å². The van der Waals surface area contributed by atoms with Crippen molar-refractivity contribution in [2.24, 2.45) is 11.8 Å². The van der Waals surface area contributed by atoms with E-state index in [9.17, 15) is 18.0 Å². The van der Waals surface area contributed by atoms with E-state index in [-0.39, 0.29) is 23.0 Å². The Morgan fingerprint density at radius 1 is 1.23 bits per heavy atom. The zero-order valence-electron chi connectivity index (χ0n) is 17.6. The first-order valence-corrected chi connectivity index (χ1v) is 12.2. The molecule has 0 bridgehead atoms. The quantitative estimate of drug-likeness (QED) is 0.649. The van der Waals surface area contributed by atoms with Crippen molar-refractivity contribution < 1.29 is 18.0 Å². The Bertz CT molecular complexity index is 1050. The van der Waals surface area contributed by atoms with Crippen LogP contribution in [0.2, 0.25) is 0 Å². The molecule has 7 nitrogen and oxygen atoms in total. The molecule has 9 heteroatoms. The lowest BCUT2D eigenvalue weighted by Crippen LogP contribution is -2.42. The number of ketones is 2. The van der Waals surface area contributed by atoms with Crippen LogP contribution in [0.1, 0.15) is 52.9 Å². The summed E-state index contributed by atoms with van der Waals surface area (Å²) in [7, 11) is -3.65. The standard InChI is InChI=1S/C21H27N3O4S2/c1-13-8-14(2)12-24(11-13)30(27,28)18-7-5-6-17(9-18)19(26)10-22-21-23-15(3)20(29-21)16(4)25/h5-7,9,13-14H,8,10-12H2,1-4H3,(H,22,23). The van der Waals surface area contributed by atoms with Crippen molar-refractivity contribution in [1.29, 1.82) is 0 Å². The summed E-state index contributed by atoms with van der Waals surface area (Å²) in [5.41, 5.74) is 0.947. The van der Waals surface area contributed by atoms with Gasteiger partial charge in [-0.1, -0.05) is 37.3 Å². The number of carbonyl (C=O) groups excluding carboxylic acids is 2. The number of rotatable bonds is 7. The number of aromatic nitrogens is 1. The topological polar surface area (TPSA) is 96.4 Å². The number of Topliss-reactive ketones (excluding diaryl/α,β-unsaturated/α-hetero) is 2. The van der Waals surface area contributed by atoms with Crippen LogP contribution in [0.3, 0.4) is 0 Å². The highest BCUT2D eigenvalue weighted by molar-refractivity contribution is 7.89. The number of thiazole rings is 1. The molecule has 2 heterocycles. The van der Waals surface area contributed by atoms with Gasteiger partial charge in [-0.3, -0.25) is 9.59 Å². The number of anilines is 1. The first-order chi connectivity index (χ1) is 14.1. The van der Waals surface area contributed by atoms with Crippen molar-refractivity contribution in [3.05, 3.63) is 40.4 Å². The maximum Gasteiger partial charge on any atom is 0.243 e. The summed E-state index contributed by atoms with van der Waals surface area (Å²) in [5, 5.41) is 3.43. The van der Waals surface area contributed by atoms with E-state index in [2.05, 4.69) is 24.1 Å². The fraction of sp³-hybridized carbons (Fsp3) is 0.476. The minimum atomic E-state index is -3.65. The maximum absolute atomic E-state index is 13.1. The number of hydrogen-bond acceptors (Lipinski definition) is 7. The fourth-order valence-electron chi connectivity index (χ4n) is 3.84. The van der Waals surface area contributed by atoms with Crippen molar-refractivity contribution in [3.63, 3.8) is 0 Å². The van der Waals surface area contributed by atoms with Gasteiger partial charge in [0.15, 0.2) is 16.7 Å². The molecule has 1 saturated heterocycles. The van der Waals surface area contributed by atoms with Gasteiger partial charge in [-0.15, -0.1) is 0 Å². The van der Waals surface area contributed by atoms with Crippen molar-refractivity contribution in [1.82, 2.24) is 9.29 Å². The van der Waals surface area contributed by atoms with Crippen LogP contribution in [-0.4, -0.2) is 48.9 Å². The average Bonchev–Trinajstić information content (AvgIpc) is 3.06. The second-order valence-electron chi connectivity index (χ2n) is 8.06. The minimum Gasteiger partial charge on any atom is -0.354 e. The molecule has 0 aliphatic carbocycles. The van der Waals surface area contributed by atoms with E-state index >= 15 is 0 Å². The minimum absolute atomic E-state index is 0.0361. The normalized spacial score (nSPS) is 20.1. The number of carbonyl (C=O) groups is 2. The van der Waals surface area contributed by atoms with Crippen molar-refractivity contribution >= 4 is 38.1 Å². The van der Waals surface area contributed by atoms with Crippen LogP contribution in [0.15, 0.2) is 29.2 Å². The largest absolute Gasteiger partial charge is 0.354 e. The van der Waals surface area contributed by atoms with Gasteiger partial charge in [0.2, 0.25) is 10.0 Å². The molecular formula is C21H27N3O4S2. The van der Waals surface area contributed by atoms with Crippen LogP contribution in [0, 0.1) is 18.8 Å². The first kappa shape index (κ1) is 22.6. The lowest BCUT2D eigenvalue weighted by atomic mass is 9.94. The van der Waals surface area contributed by atoms with E-state index < -0.39 is 10.0 Å². The van der Waals surface area contributed by atoms with Crippen molar-refractivity contribution in [3.8, 4) is 0 Å². The zero-order chi connectivity index (χ0) is 22.1. The Labute approximate surface area is 181 Å². The number of hydrogen-bond donors (Lipinski definition) is 1. The first-order valence-electron chi connectivity index (χ1n) is 9.93. The molecule has 0 radical (unpaired) electrons. The van der Waals surface area contributed by atoms with Crippen LogP contribution in [0.5, 0.6) is 0 Å². The number of aryl methyl sites for hydroxylation is 1. The third-order valence-electron chi connectivity index (χ3n) is 5.15. The summed E-state index contributed by atoms with van der Waals surface area (Å²) in [6, 6.07) is 6.18. The van der Waals surface area contributed by atoms with E-state index in [0.717, 1.165) is 6.42 Å². The van der Waals surface area contributed by atoms with Crippen LogP contribution < -0.4 is 5.32 Å². The summed E-state index contributed by atoms with van der Waals surface area (Å²) >= 11 is 1.20. The second-order valence-corrected chi connectivity index (χ2v) is 11.0. The number of piperidine rings is 1. The summed E-state index contributed by atoms with van der Waals surface area (Å²) in [5.74, 6) is 0.298. The molecule has 1 aromatic carbocycles. The van der Waals surface area contributed by atoms with Crippen LogP contribution in [0.25, 0.3) is 0 Å². The van der Waals surface area contributed by atoms with Gasteiger partial charge in [0.1, 0.15) is 0 Å². The molecule has 2 atom stereocenters. The zero-order valence-corrected chi connectivity index (χ0v) is 19.3. The molecule has 0 amide bonds. The third kappa shape index (κ3) is 4.96. The molecule has 2 unspecified atom stereocenters. The third-order valence-corrected chi connectivity index (χ3v) is 8.19. The average molecular weight is 450 g/mol. The predicted octanol–water partition coefficient (Wildman–Crippen LogP) is 3.62. The highest BCUT2D eigenvalue weighted by Gasteiger charge is 2.32. The molecule has 0 spiro atoms. The highest BCUT2D eigenvalue weighted by atomic mass is 32.2. The SMILES string of the molecule is CC(=O)c1sc(NCC(=O)c2cccc(S(=O)(=O)N3CC(C)CC(C)C3)c2)nc1C. The smallest absolute Gasteiger partial charge is 0.243 e. The molecule has 162 valence electrons. The van der Waals surface area contributed by atoms with Gasteiger partial charge in [-0.25, -0.2) is 13.4 Å². The Morgan fingerprint density at radius 3 is 2.50 bits per heavy atom. The van der Waals surface area contributed by atoms with Crippen molar-refractivity contribution in [2.45, 2.75) is 39.0 Å². The summed E-state index contributed by atoms with van der Waals surface area (Å²) in [6.45, 7) is 8.29. The molecule has 3 rings (SSSR count). The molecule has 2 aromatic rings. The summed E-state index contributed by atoms with van der Waals surface area (Å²) in [4.78, 5) is 29.2. The van der Waals surface area contributed by atoms with Gasteiger partial charge >= 0.3 is 0 Å². The molecule has 1 aliphatic heterocycles. The number of benzene rings is 1. The second kappa shape index (κ2) is 8.95. The molecule has 1 fully saturated rings. The fourth-order valence-corrected chi connectivity index (χ4v) is 6.42. The van der Waals surface area contributed by atoms with Gasteiger partial charge in [0.05, 0.1) is 22.0 Å². The molecule has 30 heavy (non-hydrogen) atoms. The Hall–Kier alpha value is -2.10. The van der Waals surface area contributed by atoms with Crippen LogP contribution in [0.4, 0.5) is 5.13 Å². The number of sulfonamides is 1. The Balaban J connectivity index is 1.73. The lowest BCUT2D eigenvalue weighted by Gasteiger charge is -2.34. The lowest BCUT2D eigenvalue weighted by molar-refractivity contribution is 0.100. The Morgan fingerprint density at radius 2 is 1.90 bits per heavy atom. The van der Waals surface area contributed by atoms with E-state index in [1.807, 2.05) is 0 Å². The van der Waals surface area contributed by atoms with Gasteiger partial charge in [0, 0.05) is 25.6 Å². The van der Waals surface area contributed by atoms with Crippen molar-refractivity contribution in [2.75, 3.05) is 25.0 Å². The van der Waals surface area contributed by atoms with Crippen LogP contribution in [-0.2, 0) is 10.0 Å². The number of nitrogens with one attached hydrogen (secondary N) is 1. The van der Waals surface area contributed by atoms with E-state index in [1.54, 1.807) is 19.1 Å². The van der Waals surface area contributed by atoms with E-state index in [0.29, 0.717) is 46.2 Å². The van der Waals surface area contributed by atoms with Gasteiger partial charge in [0.25, 0.3) is 0 Å². The number of nitrogens with zero attached hydrogens (tertiary/aromatic N) is 2.